The molecule has 0 radical (unpaired) electrons. The molecule has 1 fully saturated rings. The van der Waals surface area contributed by atoms with Gasteiger partial charge in [0.15, 0.2) is 0 Å². The van der Waals surface area contributed by atoms with Crippen LogP contribution in [0.2, 0.25) is 0 Å². The summed E-state index contributed by atoms with van der Waals surface area (Å²) in [5, 5.41) is 20.5. The molecule has 8 heteroatoms. The molecule has 8 nitrogen and oxygen atoms in total. The first kappa shape index (κ1) is 20.6. The lowest BCUT2D eigenvalue weighted by Crippen LogP contribution is -2.60. The zero-order valence-electron chi connectivity index (χ0n) is 16.5. The van der Waals surface area contributed by atoms with Gasteiger partial charge in [-0.15, -0.1) is 0 Å². The monoisotopic (exact) mass is 399 g/mol. The lowest BCUT2D eigenvalue weighted by atomic mass is 9.70. The van der Waals surface area contributed by atoms with Gasteiger partial charge in [0.1, 0.15) is 0 Å². The van der Waals surface area contributed by atoms with Crippen LogP contribution in [0.3, 0.4) is 0 Å². The Morgan fingerprint density at radius 1 is 1.21 bits per heavy atom. The van der Waals surface area contributed by atoms with Crippen molar-refractivity contribution in [3.63, 3.8) is 0 Å². The molecule has 1 aromatic heterocycles. The van der Waals surface area contributed by atoms with E-state index in [4.69, 9.17) is 5.73 Å². The molecule has 2 aromatic rings. The molecule has 0 bridgehead atoms. The second-order valence-electron chi connectivity index (χ2n) is 8.17. The van der Waals surface area contributed by atoms with Gasteiger partial charge in [-0.25, -0.2) is 4.79 Å². The third-order valence-electron chi connectivity index (χ3n) is 5.82. The van der Waals surface area contributed by atoms with E-state index in [2.05, 4.69) is 0 Å². The van der Waals surface area contributed by atoms with Crippen molar-refractivity contribution < 1.29 is 19.8 Å². The highest BCUT2D eigenvalue weighted by molar-refractivity contribution is 5.99. The van der Waals surface area contributed by atoms with Gasteiger partial charge in [0.25, 0.3) is 11.5 Å². The number of amides is 2. The molecule has 154 valence electrons. The van der Waals surface area contributed by atoms with E-state index in [1.54, 1.807) is 38.1 Å². The molecule has 1 aliphatic heterocycles. The minimum atomic E-state index is -1.33. The predicted octanol–water partition coefficient (Wildman–Crippen LogP) is 1.76. The zero-order valence-corrected chi connectivity index (χ0v) is 16.5. The van der Waals surface area contributed by atoms with Crippen molar-refractivity contribution in [1.82, 2.24) is 9.47 Å². The van der Waals surface area contributed by atoms with Crippen molar-refractivity contribution in [2.45, 2.75) is 32.4 Å². The number of piperidine rings is 1. The highest BCUT2D eigenvalue weighted by Crippen LogP contribution is 2.39. The smallest absolute Gasteiger partial charge is 0.407 e. The van der Waals surface area contributed by atoms with E-state index in [0.717, 1.165) is 0 Å². The molecule has 1 unspecified atom stereocenters. The average molecular weight is 399 g/mol. The van der Waals surface area contributed by atoms with Gasteiger partial charge in [-0.2, -0.15) is 0 Å². The van der Waals surface area contributed by atoms with Crippen molar-refractivity contribution in [1.29, 1.82) is 0 Å². The minimum absolute atomic E-state index is 0.0678. The number of hydrogen-bond acceptors (Lipinski definition) is 4. The average Bonchev–Trinajstić information content (AvgIpc) is 2.65. The third-order valence-corrected chi connectivity index (χ3v) is 5.82. The van der Waals surface area contributed by atoms with Crippen LogP contribution in [0, 0.1) is 5.41 Å². The molecule has 1 aromatic carbocycles. The molecular weight excluding hydrogens is 374 g/mol. The zero-order chi connectivity index (χ0) is 21.4. The van der Waals surface area contributed by atoms with Crippen LogP contribution in [0.25, 0.3) is 11.1 Å². The van der Waals surface area contributed by atoms with Crippen molar-refractivity contribution in [2.24, 2.45) is 11.1 Å². The van der Waals surface area contributed by atoms with Crippen LogP contribution in [0.4, 0.5) is 4.79 Å². The number of aromatic nitrogens is 1. The van der Waals surface area contributed by atoms with Gasteiger partial charge in [-0.3, -0.25) is 9.59 Å². The second-order valence-corrected chi connectivity index (χ2v) is 8.17. The largest absolute Gasteiger partial charge is 0.465 e. The fourth-order valence-corrected chi connectivity index (χ4v) is 3.85. The highest BCUT2D eigenvalue weighted by Gasteiger charge is 2.49. The maximum Gasteiger partial charge on any atom is 0.407 e. The summed E-state index contributed by atoms with van der Waals surface area (Å²) in [6.07, 6.45) is 0.510. The van der Waals surface area contributed by atoms with Crippen LogP contribution in [0.5, 0.6) is 0 Å². The Kier molecular flexibility index (Phi) is 5.23. The fourth-order valence-electron chi connectivity index (χ4n) is 3.85. The molecule has 3 rings (SSSR count). The van der Waals surface area contributed by atoms with Crippen LogP contribution in [0.15, 0.2) is 47.4 Å². The number of nitrogens with two attached hydrogens (primary N) is 1. The van der Waals surface area contributed by atoms with Crippen molar-refractivity contribution in [3.8, 4) is 11.1 Å². The Bertz CT molecular complexity index is 999. The number of carbonyl (C=O) groups excluding carboxylic acids is 1. The van der Waals surface area contributed by atoms with E-state index < -0.39 is 23.0 Å². The molecule has 1 atom stereocenters. The number of benzene rings is 1. The summed E-state index contributed by atoms with van der Waals surface area (Å²) in [6.45, 7) is 3.76. The van der Waals surface area contributed by atoms with E-state index in [0.29, 0.717) is 11.1 Å². The van der Waals surface area contributed by atoms with Crippen molar-refractivity contribution in [3.05, 3.63) is 58.5 Å². The first-order chi connectivity index (χ1) is 13.5. The van der Waals surface area contributed by atoms with E-state index >= 15 is 0 Å². The number of aliphatic hydroxyl groups is 1. The van der Waals surface area contributed by atoms with Crippen LogP contribution in [0.1, 0.15) is 30.6 Å². The number of rotatable bonds is 4. The number of hydrogen-bond donors (Lipinski definition) is 3. The first-order valence-electron chi connectivity index (χ1n) is 9.34. The Balaban J connectivity index is 2.00. The fraction of sp³-hybridized carbons (Fsp3) is 0.381. The number of carboxylic acid groups (broad SMARTS) is 1. The summed E-state index contributed by atoms with van der Waals surface area (Å²) in [5.41, 5.74) is 4.36. The van der Waals surface area contributed by atoms with Gasteiger partial charge in [0, 0.05) is 36.3 Å². The van der Waals surface area contributed by atoms with Crippen LogP contribution in [-0.4, -0.2) is 50.4 Å². The Labute approximate surface area is 168 Å². The first-order valence-corrected chi connectivity index (χ1v) is 9.34. The lowest BCUT2D eigenvalue weighted by molar-refractivity contribution is -0.123. The van der Waals surface area contributed by atoms with Gasteiger partial charge < -0.3 is 25.4 Å². The Morgan fingerprint density at radius 3 is 2.41 bits per heavy atom. The molecule has 2 heterocycles. The molecule has 0 spiro atoms. The number of pyridine rings is 1. The molecule has 2 amide bonds. The summed E-state index contributed by atoms with van der Waals surface area (Å²) in [7, 11) is 0. The van der Waals surface area contributed by atoms with Crippen LogP contribution in [-0.2, 0) is 6.54 Å². The SMILES string of the molecule is CC1(C)CN(C(=O)O)CCC1(O)Cn1cc(C(N)=O)c(-c2ccccc2)cc1=O. The van der Waals surface area contributed by atoms with Gasteiger partial charge in [0.2, 0.25) is 0 Å². The van der Waals surface area contributed by atoms with E-state index in [9.17, 15) is 24.6 Å². The van der Waals surface area contributed by atoms with Gasteiger partial charge >= 0.3 is 6.09 Å². The summed E-state index contributed by atoms with van der Waals surface area (Å²) in [6, 6.07) is 10.3. The van der Waals surface area contributed by atoms with E-state index in [1.165, 1.54) is 21.7 Å². The van der Waals surface area contributed by atoms with Crippen LogP contribution < -0.4 is 11.3 Å². The number of likely N-dealkylation sites (tertiary alicyclic amines) is 1. The van der Waals surface area contributed by atoms with Crippen molar-refractivity contribution >= 4 is 12.0 Å². The number of nitrogens with zero attached hydrogens (tertiary/aromatic N) is 2. The molecule has 0 saturated carbocycles. The predicted molar refractivity (Wildman–Crippen MR) is 108 cm³/mol. The molecule has 0 aliphatic carbocycles. The second kappa shape index (κ2) is 7.36. The van der Waals surface area contributed by atoms with Crippen LogP contribution >= 0.6 is 0 Å². The molecule has 1 aliphatic rings. The Morgan fingerprint density at radius 2 is 1.86 bits per heavy atom. The minimum Gasteiger partial charge on any atom is -0.465 e. The lowest BCUT2D eigenvalue weighted by Gasteiger charge is -2.49. The maximum atomic E-state index is 12.8. The number of primary amides is 1. The summed E-state index contributed by atoms with van der Waals surface area (Å²) in [5.74, 6) is -0.676. The maximum absolute atomic E-state index is 12.8. The third kappa shape index (κ3) is 3.88. The van der Waals surface area contributed by atoms with Gasteiger partial charge in [0.05, 0.1) is 17.7 Å². The molecule has 29 heavy (non-hydrogen) atoms. The topological polar surface area (TPSA) is 126 Å². The van der Waals surface area contributed by atoms with Gasteiger partial charge in [-0.05, 0) is 12.0 Å². The molecular formula is C21H25N3O5. The van der Waals surface area contributed by atoms with E-state index in [1.807, 2.05) is 6.07 Å². The molecule has 1 saturated heterocycles. The van der Waals surface area contributed by atoms with E-state index in [-0.39, 0.29) is 37.2 Å². The van der Waals surface area contributed by atoms with Gasteiger partial charge in [-0.1, -0.05) is 44.2 Å². The number of carbonyl (C=O) groups is 2. The van der Waals surface area contributed by atoms with Crippen molar-refractivity contribution in [2.75, 3.05) is 13.1 Å². The highest BCUT2D eigenvalue weighted by atomic mass is 16.4. The molecule has 4 N–H and O–H groups in total. The normalized spacial score (nSPS) is 21.0. The standard InChI is InChI=1S/C21H25N3O5/c1-20(2)12-23(19(27)28)9-8-21(20,29)13-24-11-16(18(22)26)15(10-17(24)25)14-6-4-3-5-7-14/h3-7,10-11,29H,8-9,12-13H2,1-2H3,(H2,22,26)(H,27,28). The summed E-state index contributed by atoms with van der Waals surface area (Å²) in [4.78, 5) is 37.4. The Hall–Kier alpha value is -3.13. The summed E-state index contributed by atoms with van der Waals surface area (Å²) < 4.78 is 1.28. The summed E-state index contributed by atoms with van der Waals surface area (Å²) >= 11 is 0. The quantitative estimate of drug-likeness (QED) is 0.722.